The van der Waals surface area contributed by atoms with Crippen LogP contribution in [0.2, 0.25) is 5.02 Å². The lowest BCUT2D eigenvalue weighted by Gasteiger charge is -2.17. The first-order chi connectivity index (χ1) is 9.19. The first-order valence-electron chi connectivity index (χ1n) is 6.19. The van der Waals surface area contributed by atoms with Crippen LogP contribution in [0.15, 0.2) is 47.2 Å². The zero-order valence-corrected chi connectivity index (χ0v) is 13.1. The molecule has 0 aliphatic rings. The average molecular weight is 340 g/mol. The molecule has 1 heterocycles. The first-order valence-corrected chi connectivity index (χ1v) is 7.36. The summed E-state index contributed by atoms with van der Waals surface area (Å²) in [7, 11) is 1.98. The molecule has 0 saturated heterocycles. The number of benzene rings is 1. The Balaban J connectivity index is 2.06. The molecule has 1 aromatic heterocycles. The van der Waals surface area contributed by atoms with Crippen LogP contribution in [0, 0.1) is 0 Å². The highest BCUT2D eigenvalue weighted by molar-refractivity contribution is 9.10. The number of pyridine rings is 1. The van der Waals surface area contributed by atoms with Crippen LogP contribution >= 0.6 is 27.5 Å². The van der Waals surface area contributed by atoms with Crippen LogP contribution in [0.3, 0.4) is 0 Å². The van der Waals surface area contributed by atoms with E-state index in [0.29, 0.717) is 6.04 Å². The lowest BCUT2D eigenvalue weighted by Crippen LogP contribution is -2.30. The number of halogens is 2. The molecular weight excluding hydrogens is 324 g/mol. The van der Waals surface area contributed by atoms with Gasteiger partial charge in [0.05, 0.1) is 0 Å². The summed E-state index contributed by atoms with van der Waals surface area (Å²) in [4.78, 5) is 4.15. The number of aromatic nitrogens is 1. The molecule has 0 radical (unpaired) electrons. The van der Waals surface area contributed by atoms with Crippen LogP contribution in [-0.4, -0.2) is 18.1 Å². The molecule has 1 N–H and O–H groups in total. The van der Waals surface area contributed by atoms with Gasteiger partial charge in [-0.1, -0.05) is 39.7 Å². The number of hydrogen-bond donors (Lipinski definition) is 1. The largest absolute Gasteiger partial charge is 0.316 e. The van der Waals surface area contributed by atoms with Crippen LogP contribution < -0.4 is 5.32 Å². The molecule has 0 aliphatic carbocycles. The van der Waals surface area contributed by atoms with Gasteiger partial charge in [0, 0.05) is 27.9 Å². The third-order valence-electron chi connectivity index (χ3n) is 3.09. The Morgan fingerprint density at radius 2 is 2.16 bits per heavy atom. The molecule has 1 atom stereocenters. The average Bonchev–Trinajstić information content (AvgIpc) is 2.42. The Morgan fingerprint density at radius 1 is 1.32 bits per heavy atom. The van der Waals surface area contributed by atoms with E-state index in [9.17, 15) is 0 Å². The number of likely N-dealkylation sites (N-methyl/N-ethyl adjacent to an activating group) is 1. The van der Waals surface area contributed by atoms with Gasteiger partial charge in [0.1, 0.15) is 0 Å². The van der Waals surface area contributed by atoms with Crippen molar-refractivity contribution in [1.82, 2.24) is 10.3 Å². The molecule has 0 saturated carbocycles. The van der Waals surface area contributed by atoms with Crippen molar-refractivity contribution in [2.24, 2.45) is 0 Å². The topological polar surface area (TPSA) is 24.9 Å². The van der Waals surface area contributed by atoms with Gasteiger partial charge in [0.2, 0.25) is 0 Å². The van der Waals surface area contributed by atoms with Crippen LogP contribution in [0.4, 0.5) is 0 Å². The molecule has 100 valence electrons. The fourth-order valence-corrected chi connectivity index (χ4v) is 2.78. The molecule has 1 unspecified atom stereocenters. The van der Waals surface area contributed by atoms with Gasteiger partial charge in [0.15, 0.2) is 0 Å². The van der Waals surface area contributed by atoms with E-state index in [2.05, 4.69) is 38.4 Å². The third kappa shape index (κ3) is 4.30. The van der Waals surface area contributed by atoms with E-state index >= 15 is 0 Å². The summed E-state index contributed by atoms with van der Waals surface area (Å²) in [5.74, 6) is 0. The molecule has 19 heavy (non-hydrogen) atoms. The van der Waals surface area contributed by atoms with Gasteiger partial charge in [-0.15, -0.1) is 0 Å². The van der Waals surface area contributed by atoms with E-state index in [0.717, 1.165) is 27.9 Å². The van der Waals surface area contributed by atoms with Gasteiger partial charge in [-0.2, -0.15) is 0 Å². The first kappa shape index (κ1) is 14.5. The van der Waals surface area contributed by atoms with Crippen molar-refractivity contribution >= 4 is 27.5 Å². The van der Waals surface area contributed by atoms with Crippen LogP contribution in [0.5, 0.6) is 0 Å². The number of rotatable bonds is 5. The molecule has 0 aliphatic heterocycles. The molecule has 4 heteroatoms. The van der Waals surface area contributed by atoms with Crippen LogP contribution in [0.1, 0.15) is 11.1 Å². The van der Waals surface area contributed by atoms with E-state index in [1.54, 1.807) is 6.20 Å². The van der Waals surface area contributed by atoms with E-state index < -0.39 is 0 Å². The molecule has 0 spiro atoms. The molecular formula is C15H16BrClN2. The van der Waals surface area contributed by atoms with Gasteiger partial charge < -0.3 is 5.32 Å². The fraction of sp³-hybridized carbons (Fsp3) is 0.267. The van der Waals surface area contributed by atoms with Crippen molar-refractivity contribution in [2.75, 3.05) is 7.05 Å². The highest BCUT2D eigenvalue weighted by atomic mass is 79.9. The van der Waals surface area contributed by atoms with E-state index in [4.69, 9.17) is 11.6 Å². The zero-order chi connectivity index (χ0) is 13.7. The third-order valence-corrected chi connectivity index (χ3v) is 3.94. The highest BCUT2D eigenvalue weighted by Gasteiger charge is 2.11. The van der Waals surface area contributed by atoms with Crippen molar-refractivity contribution in [3.8, 4) is 0 Å². The number of hydrogen-bond acceptors (Lipinski definition) is 2. The summed E-state index contributed by atoms with van der Waals surface area (Å²) in [5, 5.41) is 4.15. The summed E-state index contributed by atoms with van der Waals surface area (Å²) < 4.78 is 1.01. The van der Waals surface area contributed by atoms with Gasteiger partial charge >= 0.3 is 0 Å². The Bertz CT molecular complexity index is 531. The van der Waals surface area contributed by atoms with Crippen molar-refractivity contribution < 1.29 is 0 Å². The molecule has 0 fully saturated rings. The maximum Gasteiger partial charge on any atom is 0.0449 e. The second-order valence-corrected chi connectivity index (χ2v) is 5.81. The Labute approximate surface area is 127 Å². The van der Waals surface area contributed by atoms with Gasteiger partial charge in [-0.25, -0.2) is 0 Å². The zero-order valence-electron chi connectivity index (χ0n) is 10.7. The van der Waals surface area contributed by atoms with Crippen molar-refractivity contribution in [3.63, 3.8) is 0 Å². The summed E-state index contributed by atoms with van der Waals surface area (Å²) in [5.41, 5.74) is 2.39. The van der Waals surface area contributed by atoms with Gasteiger partial charge in [0.25, 0.3) is 0 Å². The van der Waals surface area contributed by atoms with Gasteiger partial charge in [-0.05, 0) is 49.2 Å². The Morgan fingerprint density at radius 3 is 2.79 bits per heavy atom. The minimum atomic E-state index is 0.350. The SMILES string of the molecule is CNC(Cc1cccnc1)Cc1ccc(Br)cc1Cl. The Kier molecular flexibility index (Phi) is 5.37. The second kappa shape index (κ2) is 7.04. The number of nitrogens with one attached hydrogen (secondary N) is 1. The second-order valence-electron chi connectivity index (χ2n) is 4.49. The Hall–Kier alpha value is -0.900. The quantitative estimate of drug-likeness (QED) is 0.894. The van der Waals surface area contributed by atoms with Crippen LogP contribution in [-0.2, 0) is 12.8 Å². The van der Waals surface area contributed by atoms with Crippen LogP contribution in [0.25, 0.3) is 0 Å². The standard InChI is InChI=1S/C15H16BrClN2/c1-18-14(7-11-3-2-6-19-10-11)8-12-4-5-13(16)9-15(12)17/h2-6,9-10,14,18H,7-8H2,1H3. The van der Waals surface area contributed by atoms with E-state index in [1.165, 1.54) is 5.56 Å². The lowest BCUT2D eigenvalue weighted by molar-refractivity contribution is 0.556. The maximum atomic E-state index is 6.26. The summed E-state index contributed by atoms with van der Waals surface area (Å²) in [6, 6.07) is 10.4. The highest BCUT2D eigenvalue weighted by Crippen LogP contribution is 2.23. The normalized spacial score (nSPS) is 12.4. The van der Waals surface area contributed by atoms with Gasteiger partial charge in [-0.3, -0.25) is 4.98 Å². The van der Waals surface area contributed by atoms with E-state index in [1.807, 2.05) is 31.4 Å². The fourth-order valence-electron chi connectivity index (χ4n) is 2.03. The summed E-state index contributed by atoms with van der Waals surface area (Å²) >= 11 is 9.69. The predicted octanol–water partition coefficient (Wildman–Crippen LogP) is 3.87. The minimum Gasteiger partial charge on any atom is -0.316 e. The molecule has 0 bridgehead atoms. The summed E-state index contributed by atoms with van der Waals surface area (Å²) in [6.45, 7) is 0. The molecule has 0 amide bonds. The molecule has 2 rings (SSSR count). The molecule has 1 aromatic carbocycles. The van der Waals surface area contributed by atoms with Crippen molar-refractivity contribution in [1.29, 1.82) is 0 Å². The predicted molar refractivity (Wildman–Crippen MR) is 83.6 cm³/mol. The molecule has 2 nitrogen and oxygen atoms in total. The smallest absolute Gasteiger partial charge is 0.0449 e. The monoisotopic (exact) mass is 338 g/mol. The van der Waals surface area contributed by atoms with E-state index in [-0.39, 0.29) is 0 Å². The number of nitrogens with zero attached hydrogens (tertiary/aromatic N) is 1. The lowest BCUT2D eigenvalue weighted by atomic mass is 10.00. The minimum absolute atomic E-state index is 0.350. The summed E-state index contributed by atoms with van der Waals surface area (Å²) in [6.07, 6.45) is 5.55. The molecule has 2 aromatic rings. The van der Waals surface area contributed by atoms with Crippen molar-refractivity contribution in [3.05, 3.63) is 63.3 Å². The van der Waals surface area contributed by atoms with Crippen molar-refractivity contribution in [2.45, 2.75) is 18.9 Å². The maximum absolute atomic E-state index is 6.26.